The van der Waals surface area contributed by atoms with Crippen molar-refractivity contribution in [1.29, 1.82) is 0 Å². The number of hydrogen-bond acceptors (Lipinski definition) is 3. The molecule has 1 heterocycles. The van der Waals surface area contributed by atoms with Crippen LogP contribution in [0.1, 0.15) is 56.3 Å². The van der Waals surface area contributed by atoms with Crippen molar-refractivity contribution < 1.29 is 0 Å². The molecular weight excluding hydrogens is 204 g/mol. The second-order valence-corrected chi connectivity index (χ2v) is 5.35. The third-order valence-corrected chi connectivity index (χ3v) is 3.97. The molecule has 0 radical (unpaired) electrons. The molecule has 0 aliphatic carbocycles. The van der Waals surface area contributed by atoms with E-state index in [1.165, 1.54) is 22.7 Å². The molecule has 0 bridgehead atoms. The number of rotatable bonds is 6. The zero-order valence-corrected chi connectivity index (χ0v) is 11.0. The lowest BCUT2D eigenvalue weighted by Crippen LogP contribution is -2.26. The first-order chi connectivity index (χ1) is 7.17. The van der Waals surface area contributed by atoms with Crippen molar-refractivity contribution in [2.45, 2.75) is 59.0 Å². The summed E-state index contributed by atoms with van der Waals surface area (Å²) >= 11 is 1.83. The van der Waals surface area contributed by atoms with Crippen LogP contribution in [0.5, 0.6) is 0 Å². The Labute approximate surface area is 97.1 Å². The van der Waals surface area contributed by atoms with E-state index in [1.54, 1.807) is 0 Å². The van der Waals surface area contributed by atoms with Gasteiger partial charge >= 0.3 is 0 Å². The molecule has 3 heteroatoms. The Kier molecular flexibility index (Phi) is 5.26. The van der Waals surface area contributed by atoms with Gasteiger partial charge in [0, 0.05) is 23.7 Å². The maximum Gasteiger partial charge on any atom is 0.107 e. The summed E-state index contributed by atoms with van der Waals surface area (Å²) in [7, 11) is 0. The number of hydrogen-bond donors (Lipinski definition) is 1. The summed E-state index contributed by atoms with van der Waals surface area (Å²) in [6.45, 7) is 9.80. The Morgan fingerprint density at radius 2 is 2.00 bits per heavy atom. The zero-order chi connectivity index (χ0) is 11.3. The molecule has 0 fully saturated rings. The van der Waals surface area contributed by atoms with Crippen molar-refractivity contribution in [2.75, 3.05) is 0 Å². The van der Waals surface area contributed by atoms with Gasteiger partial charge in [-0.05, 0) is 18.8 Å². The van der Waals surface area contributed by atoms with Crippen LogP contribution in [0.2, 0.25) is 0 Å². The van der Waals surface area contributed by atoms with Crippen molar-refractivity contribution >= 4 is 11.3 Å². The average Bonchev–Trinajstić information content (AvgIpc) is 2.68. The van der Waals surface area contributed by atoms with Crippen LogP contribution < -0.4 is 5.32 Å². The molecule has 2 nitrogen and oxygen atoms in total. The molecule has 1 aromatic rings. The lowest BCUT2D eigenvalue weighted by Gasteiger charge is -2.12. The molecule has 0 spiro atoms. The minimum atomic E-state index is 0.601. The summed E-state index contributed by atoms with van der Waals surface area (Å²) in [5, 5.41) is 4.75. The van der Waals surface area contributed by atoms with Gasteiger partial charge in [0.15, 0.2) is 0 Å². The first-order valence-corrected chi connectivity index (χ1v) is 6.67. The third kappa shape index (κ3) is 3.92. The van der Waals surface area contributed by atoms with Gasteiger partial charge < -0.3 is 5.32 Å². The molecule has 0 saturated heterocycles. The van der Waals surface area contributed by atoms with Crippen LogP contribution in [0.4, 0.5) is 0 Å². The Morgan fingerprint density at radius 1 is 1.33 bits per heavy atom. The molecule has 0 atom stereocenters. The number of nitrogens with one attached hydrogen (secondary N) is 1. The fraction of sp³-hybridized carbons (Fsp3) is 0.750. The van der Waals surface area contributed by atoms with Crippen LogP contribution in [-0.4, -0.2) is 11.0 Å². The molecule has 0 aliphatic heterocycles. The molecule has 0 unspecified atom stereocenters. The van der Waals surface area contributed by atoms with E-state index in [0.29, 0.717) is 12.0 Å². The van der Waals surface area contributed by atoms with Gasteiger partial charge in [0.25, 0.3) is 0 Å². The van der Waals surface area contributed by atoms with E-state index in [-0.39, 0.29) is 0 Å². The molecule has 1 aromatic heterocycles. The highest BCUT2D eigenvalue weighted by Crippen LogP contribution is 2.21. The Hall–Kier alpha value is -0.410. The average molecular weight is 226 g/mol. The normalized spacial score (nSPS) is 11.6. The lowest BCUT2D eigenvalue weighted by atomic mass is 10.2. The molecule has 0 saturated carbocycles. The Morgan fingerprint density at radius 3 is 2.47 bits per heavy atom. The SMILES string of the molecule is CCC(CC)NCc1ncc(C(C)C)s1. The molecule has 15 heavy (non-hydrogen) atoms. The van der Waals surface area contributed by atoms with E-state index in [1.807, 2.05) is 17.5 Å². The highest BCUT2D eigenvalue weighted by molar-refractivity contribution is 7.11. The van der Waals surface area contributed by atoms with Gasteiger partial charge in [0.05, 0.1) is 0 Å². The van der Waals surface area contributed by atoms with Gasteiger partial charge in [-0.2, -0.15) is 0 Å². The van der Waals surface area contributed by atoms with Crippen molar-refractivity contribution in [2.24, 2.45) is 0 Å². The molecule has 1 N–H and O–H groups in total. The molecule has 0 aromatic carbocycles. The van der Waals surface area contributed by atoms with Crippen molar-refractivity contribution in [3.63, 3.8) is 0 Å². The fourth-order valence-corrected chi connectivity index (χ4v) is 2.36. The van der Waals surface area contributed by atoms with Crippen molar-refractivity contribution in [3.05, 3.63) is 16.1 Å². The van der Waals surface area contributed by atoms with E-state index in [9.17, 15) is 0 Å². The molecule has 0 aliphatic rings. The van der Waals surface area contributed by atoms with E-state index in [2.05, 4.69) is 38.0 Å². The standard InChI is InChI=1S/C12H22N2S/c1-5-10(6-2)13-8-12-14-7-11(15-12)9(3)4/h7,9-10,13H,5-6,8H2,1-4H3. The molecule has 0 amide bonds. The van der Waals surface area contributed by atoms with Crippen LogP contribution >= 0.6 is 11.3 Å². The summed E-state index contributed by atoms with van der Waals surface area (Å²) in [4.78, 5) is 5.82. The number of nitrogens with zero attached hydrogens (tertiary/aromatic N) is 1. The first-order valence-electron chi connectivity index (χ1n) is 5.85. The fourth-order valence-electron chi connectivity index (χ4n) is 1.48. The third-order valence-electron chi connectivity index (χ3n) is 2.67. The van der Waals surface area contributed by atoms with Gasteiger partial charge in [-0.15, -0.1) is 11.3 Å². The molecular formula is C12H22N2S. The zero-order valence-electron chi connectivity index (χ0n) is 10.2. The van der Waals surface area contributed by atoms with E-state index < -0.39 is 0 Å². The van der Waals surface area contributed by atoms with E-state index >= 15 is 0 Å². The van der Waals surface area contributed by atoms with Crippen molar-refractivity contribution in [3.8, 4) is 0 Å². The van der Waals surface area contributed by atoms with Crippen LogP contribution in [0, 0.1) is 0 Å². The Balaban J connectivity index is 2.43. The first kappa shape index (κ1) is 12.7. The monoisotopic (exact) mass is 226 g/mol. The smallest absolute Gasteiger partial charge is 0.107 e. The van der Waals surface area contributed by atoms with E-state index in [0.717, 1.165) is 6.54 Å². The minimum Gasteiger partial charge on any atom is -0.308 e. The summed E-state index contributed by atoms with van der Waals surface area (Å²) in [6, 6.07) is 0.636. The van der Waals surface area contributed by atoms with Crippen LogP contribution in [-0.2, 0) is 6.54 Å². The van der Waals surface area contributed by atoms with Gasteiger partial charge in [0.1, 0.15) is 5.01 Å². The highest BCUT2D eigenvalue weighted by atomic mass is 32.1. The summed E-state index contributed by atoms with van der Waals surface area (Å²) in [6.07, 6.45) is 4.40. The number of thiazole rings is 1. The number of aromatic nitrogens is 1. The minimum absolute atomic E-state index is 0.601. The maximum atomic E-state index is 4.43. The summed E-state index contributed by atoms with van der Waals surface area (Å²) in [5.74, 6) is 0.601. The molecule has 1 rings (SSSR count). The summed E-state index contributed by atoms with van der Waals surface area (Å²) in [5.41, 5.74) is 0. The van der Waals surface area contributed by atoms with Crippen LogP contribution in [0.15, 0.2) is 6.20 Å². The molecule has 86 valence electrons. The lowest BCUT2D eigenvalue weighted by molar-refractivity contribution is 0.483. The van der Waals surface area contributed by atoms with Gasteiger partial charge in [-0.25, -0.2) is 4.98 Å². The second-order valence-electron chi connectivity index (χ2n) is 4.21. The predicted molar refractivity (Wildman–Crippen MR) is 67.4 cm³/mol. The maximum absolute atomic E-state index is 4.43. The van der Waals surface area contributed by atoms with E-state index in [4.69, 9.17) is 0 Å². The topological polar surface area (TPSA) is 24.9 Å². The Bertz CT molecular complexity index is 277. The van der Waals surface area contributed by atoms with Crippen LogP contribution in [0.3, 0.4) is 0 Å². The quantitative estimate of drug-likeness (QED) is 0.802. The van der Waals surface area contributed by atoms with Gasteiger partial charge in [0.2, 0.25) is 0 Å². The second kappa shape index (κ2) is 6.23. The van der Waals surface area contributed by atoms with Crippen LogP contribution in [0.25, 0.3) is 0 Å². The van der Waals surface area contributed by atoms with Crippen molar-refractivity contribution in [1.82, 2.24) is 10.3 Å². The van der Waals surface area contributed by atoms with Gasteiger partial charge in [-0.1, -0.05) is 27.7 Å². The largest absolute Gasteiger partial charge is 0.308 e. The predicted octanol–water partition coefficient (Wildman–Crippen LogP) is 3.54. The van der Waals surface area contributed by atoms with Gasteiger partial charge in [-0.3, -0.25) is 0 Å². The highest BCUT2D eigenvalue weighted by Gasteiger charge is 2.07. The summed E-state index contributed by atoms with van der Waals surface area (Å²) < 4.78 is 0.